The van der Waals surface area contributed by atoms with Gasteiger partial charge in [-0.15, -0.1) is 0 Å². The first kappa shape index (κ1) is 21.3. The van der Waals surface area contributed by atoms with Crippen LogP contribution in [-0.4, -0.2) is 34.6 Å². The number of benzene rings is 2. The Labute approximate surface area is 172 Å². The third-order valence-electron chi connectivity index (χ3n) is 5.62. The van der Waals surface area contributed by atoms with Crippen molar-refractivity contribution in [3.8, 4) is 0 Å². The maximum Gasteiger partial charge on any atom is 0.340 e. The van der Waals surface area contributed by atoms with Crippen molar-refractivity contribution in [2.75, 3.05) is 25.1 Å². The minimum Gasteiger partial charge on any atom is -0.465 e. The SMILES string of the molecule is COC(=O)c1cc(S(N)(=O)=O)ccc1N1CCC(CCc2ccc(C)cc2)CC1. The summed E-state index contributed by atoms with van der Waals surface area (Å²) in [6, 6.07) is 13.1. The summed E-state index contributed by atoms with van der Waals surface area (Å²) >= 11 is 0. The molecule has 0 bridgehead atoms. The molecule has 1 heterocycles. The minimum absolute atomic E-state index is 0.0883. The zero-order chi connectivity index (χ0) is 21.0. The topological polar surface area (TPSA) is 89.7 Å². The molecule has 0 radical (unpaired) electrons. The molecule has 156 valence electrons. The Morgan fingerprint density at radius 1 is 1.14 bits per heavy atom. The Bertz CT molecular complexity index is 963. The van der Waals surface area contributed by atoms with Gasteiger partial charge < -0.3 is 9.64 Å². The maximum atomic E-state index is 12.2. The van der Waals surface area contributed by atoms with Gasteiger partial charge in [0, 0.05) is 13.1 Å². The predicted molar refractivity (Wildman–Crippen MR) is 114 cm³/mol. The van der Waals surface area contributed by atoms with Crippen molar-refractivity contribution >= 4 is 21.7 Å². The highest BCUT2D eigenvalue weighted by Crippen LogP contribution is 2.30. The van der Waals surface area contributed by atoms with E-state index in [1.165, 1.54) is 30.4 Å². The molecule has 1 saturated heterocycles. The number of carbonyl (C=O) groups is 1. The Kier molecular flexibility index (Phi) is 6.59. The third-order valence-corrected chi connectivity index (χ3v) is 6.53. The van der Waals surface area contributed by atoms with Gasteiger partial charge in [-0.2, -0.15) is 0 Å². The van der Waals surface area contributed by atoms with Crippen LogP contribution < -0.4 is 10.0 Å². The molecule has 0 amide bonds. The molecule has 2 N–H and O–H groups in total. The van der Waals surface area contributed by atoms with Gasteiger partial charge in [0.25, 0.3) is 0 Å². The van der Waals surface area contributed by atoms with Crippen LogP contribution in [0.3, 0.4) is 0 Å². The van der Waals surface area contributed by atoms with Crippen LogP contribution in [-0.2, 0) is 21.2 Å². The van der Waals surface area contributed by atoms with E-state index in [1.54, 1.807) is 6.07 Å². The van der Waals surface area contributed by atoms with Crippen LogP contribution in [0.25, 0.3) is 0 Å². The molecule has 2 aromatic carbocycles. The van der Waals surface area contributed by atoms with Gasteiger partial charge in [0.1, 0.15) is 0 Å². The molecule has 0 saturated carbocycles. The number of hydrogen-bond donors (Lipinski definition) is 1. The Morgan fingerprint density at radius 3 is 2.38 bits per heavy atom. The zero-order valence-electron chi connectivity index (χ0n) is 16.9. The summed E-state index contributed by atoms with van der Waals surface area (Å²) in [5, 5.41) is 5.21. The number of sulfonamides is 1. The lowest BCUT2D eigenvalue weighted by molar-refractivity contribution is 0.0601. The minimum atomic E-state index is -3.89. The van der Waals surface area contributed by atoms with Crippen LogP contribution in [0.1, 0.15) is 40.7 Å². The molecule has 0 atom stereocenters. The number of aryl methyl sites for hydroxylation is 2. The molecule has 0 unspecified atom stereocenters. The van der Waals surface area contributed by atoms with E-state index < -0.39 is 16.0 Å². The molecule has 29 heavy (non-hydrogen) atoms. The first-order chi connectivity index (χ1) is 13.8. The van der Waals surface area contributed by atoms with Crippen LogP contribution in [0.5, 0.6) is 0 Å². The smallest absolute Gasteiger partial charge is 0.340 e. The molecule has 3 rings (SSSR count). The number of hydrogen-bond acceptors (Lipinski definition) is 5. The second kappa shape index (κ2) is 8.97. The van der Waals surface area contributed by atoms with Gasteiger partial charge in [0.15, 0.2) is 0 Å². The van der Waals surface area contributed by atoms with Crippen molar-refractivity contribution in [1.82, 2.24) is 0 Å². The summed E-state index contributed by atoms with van der Waals surface area (Å²) in [4.78, 5) is 14.3. The van der Waals surface area contributed by atoms with E-state index in [-0.39, 0.29) is 10.5 Å². The number of rotatable bonds is 6. The van der Waals surface area contributed by atoms with Crippen LogP contribution in [0.15, 0.2) is 47.4 Å². The van der Waals surface area contributed by atoms with E-state index in [9.17, 15) is 13.2 Å². The largest absolute Gasteiger partial charge is 0.465 e. The quantitative estimate of drug-likeness (QED) is 0.730. The molecule has 0 aliphatic carbocycles. The van der Waals surface area contributed by atoms with Gasteiger partial charge >= 0.3 is 5.97 Å². The van der Waals surface area contributed by atoms with Crippen molar-refractivity contribution in [2.24, 2.45) is 11.1 Å². The van der Waals surface area contributed by atoms with E-state index in [4.69, 9.17) is 9.88 Å². The molecule has 1 aliphatic rings. The monoisotopic (exact) mass is 416 g/mol. The van der Waals surface area contributed by atoms with Gasteiger partial charge in [0.2, 0.25) is 10.0 Å². The number of piperidine rings is 1. The highest BCUT2D eigenvalue weighted by molar-refractivity contribution is 7.89. The fourth-order valence-corrected chi connectivity index (χ4v) is 4.37. The Hall–Kier alpha value is -2.38. The molecule has 1 fully saturated rings. The van der Waals surface area contributed by atoms with Gasteiger partial charge in [-0.3, -0.25) is 0 Å². The first-order valence-corrected chi connectivity index (χ1v) is 11.4. The number of methoxy groups -OCH3 is 1. The molecule has 6 nitrogen and oxygen atoms in total. The van der Waals surface area contributed by atoms with Crippen molar-refractivity contribution in [1.29, 1.82) is 0 Å². The van der Waals surface area contributed by atoms with Gasteiger partial charge in [-0.05, 0) is 62.3 Å². The molecule has 1 aliphatic heterocycles. The van der Waals surface area contributed by atoms with Crippen LogP contribution in [0.4, 0.5) is 5.69 Å². The summed E-state index contributed by atoms with van der Waals surface area (Å²) < 4.78 is 28.1. The van der Waals surface area contributed by atoms with Crippen molar-refractivity contribution in [2.45, 2.75) is 37.5 Å². The molecule has 0 aromatic heterocycles. The van der Waals surface area contributed by atoms with Crippen molar-refractivity contribution in [3.63, 3.8) is 0 Å². The van der Waals surface area contributed by atoms with Crippen LogP contribution in [0.2, 0.25) is 0 Å². The standard InChI is InChI=1S/C22H28N2O4S/c1-16-3-5-17(6-4-16)7-8-18-11-13-24(14-12-18)21-10-9-19(29(23,26)27)15-20(21)22(25)28-2/h3-6,9-10,15,18H,7-8,11-14H2,1-2H3,(H2,23,26,27). The number of carbonyl (C=O) groups excluding carboxylic acids is 1. The third kappa shape index (κ3) is 5.36. The van der Waals surface area contributed by atoms with Crippen LogP contribution in [0, 0.1) is 12.8 Å². The normalized spacial score (nSPS) is 15.3. The molecule has 7 heteroatoms. The van der Waals surface area contributed by atoms with E-state index in [1.807, 2.05) is 0 Å². The fraction of sp³-hybridized carbons (Fsp3) is 0.409. The number of nitrogens with two attached hydrogens (primary N) is 1. The number of ether oxygens (including phenoxy) is 1. The fourth-order valence-electron chi connectivity index (χ4n) is 3.83. The van der Waals surface area contributed by atoms with Crippen molar-refractivity contribution < 1.29 is 17.9 Å². The summed E-state index contributed by atoms with van der Waals surface area (Å²) in [5.41, 5.74) is 3.57. The number of esters is 1. The lowest BCUT2D eigenvalue weighted by Crippen LogP contribution is -2.35. The van der Waals surface area contributed by atoms with Gasteiger partial charge in [-0.25, -0.2) is 18.4 Å². The Balaban J connectivity index is 1.66. The highest BCUT2D eigenvalue weighted by Gasteiger charge is 2.24. The lowest BCUT2D eigenvalue weighted by atomic mass is 9.90. The van der Waals surface area contributed by atoms with Gasteiger partial charge in [0.05, 0.1) is 23.3 Å². The van der Waals surface area contributed by atoms with E-state index in [2.05, 4.69) is 36.1 Å². The summed E-state index contributed by atoms with van der Waals surface area (Å²) in [7, 11) is -2.60. The average Bonchev–Trinajstić information content (AvgIpc) is 2.72. The second-order valence-corrected chi connectivity index (χ2v) is 9.23. The van der Waals surface area contributed by atoms with Crippen molar-refractivity contribution in [3.05, 3.63) is 59.2 Å². The maximum absolute atomic E-state index is 12.2. The first-order valence-electron chi connectivity index (χ1n) is 9.83. The molecule has 0 spiro atoms. The highest BCUT2D eigenvalue weighted by atomic mass is 32.2. The number of primary sulfonamides is 1. The van der Waals surface area contributed by atoms with Crippen LogP contribution >= 0.6 is 0 Å². The molecule has 2 aromatic rings. The predicted octanol–water partition coefficient (Wildman–Crippen LogP) is 3.28. The summed E-state index contributed by atoms with van der Waals surface area (Å²) in [5.74, 6) is 0.0739. The number of anilines is 1. The molecular formula is C22H28N2O4S. The lowest BCUT2D eigenvalue weighted by Gasteiger charge is -2.34. The zero-order valence-corrected chi connectivity index (χ0v) is 17.7. The Morgan fingerprint density at radius 2 is 1.79 bits per heavy atom. The van der Waals surface area contributed by atoms with E-state index >= 15 is 0 Å². The average molecular weight is 417 g/mol. The van der Waals surface area contributed by atoms with Gasteiger partial charge in [-0.1, -0.05) is 29.8 Å². The second-order valence-electron chi connectivity index (χ2n) is 7.67. The van der Waals surface area contributed by atoms with E-state index in [0.717, 1.165) is 38.8 Å². The number of nitrogens with zero attached hydrogens (tertiary/aromatic N) is 1. The summed E-state index contributed by atoms with van der Waals surface area (Å²) in [6.07, 6.45) is 4.28. The molecular weight excluding hydrogens is 388 g/mol. The summed E-state index contributed by atoms with van der Waals surface area (Å²) in [6.45, 7) is 3.73. The van der Waals surface area contributed by atoms with E-state index in [0.29, 0.717) is 11.6 Å².